The summed E-state index contributed by atoms with van der Waals surface area (Å²) in [4.78, 5) is 0. The SMILES string of the molecule is CC(C)C1(C)[CH-]CC1. The number of rotatable bonds is 1. The third-order valence-electron chi connectivity index (χ3n) is 2.61. The second-order valence-corrected chi connectivity index (χ2v) is 3.40. The van der Waals surface area contributed by atoms with Crippen molar-refractivity contribution >= 4 is 0 Å². The summed E-state index contributed by atoms with van der Waals surface area (Å²) in [6.07, 6.45) is 5.19. The topological polar surface area (TPSA) is 0 Å². The van der Waals surface area contributed by atoms with Gasteiger partial charge in [0, 0.05) is 0 Å². The lowest BCUT2D eigenvalue weighted by molar-refractivity contribution is 0.175. The zero-order valence-corrected chi connectivity index (χ0v) is 6.07. The number of hydrogen-bond acceptors (Lipinski definition) is 0. The van der Waals surface area contributed by atoms with Gasteiger partial charge in [0.05, 0.1) is 0 Å². The van der Waals surface area contributed by atoms with Crippen molar-refractivity contribution in [1.82, 2.24) is 0 Å². The van der Waals surface area contributed by atoms with E-state index >= 15 is 0 Å². The summed E-state index contributed by atoms with van der Waals surface area (Å²) in [5, 5.41) is 0. The highest BCUT2D eigenvalue weighted by Crippen LogP contribution is 2.45. The molecule has 0 heterocycles. The Kier molecular flexibility index (Phi) is 1.34. The van der Waals surface area contributed by atoms with Gasteiger partial charge in [0.25, 0.3) is 0 Å². The molecule has 8 heavy (non-hydrogen) atoms. The van der Waals surface area contributed by atoms with Crippen molar-refractivity contribution in [2.45, 2.75) is 33.6 Å². The molecule has 1 unspecified atom stereocenters. The molecule has 0 radical (unpaired) electrons. The van der Waals surface area contributed by atoms with E-state index in [1.54, 1.807) is 0 Å². The summed E-state index contributed by atoms with van der Waals surface area (Å²) in [6.45, 7) is 6.95. The molecule has 1 rings (SSSR count). The minimum absolute atomic E-state index is 0.597. The minimum Gasteiger partial charge on any atom is -0.323 e. The Morgan fingerprint density at radius 1 is 1.50 bits per heavy atom. The molecule has 1 aliphatic carbocycles. The Labute approximate surface area is 52.3 Å². The molecule has 0 aromatic rings. The van der Waals surface area contributed by atoms with Gasteiger partial charge in [-0.25, -0.2) is 0 Å². The maximum absolute atomic E-state index is 2.44. The largest absolute Gasteiger partial charge is 0.323 e. The Hall–Kier alpha value is 0. The van der Waals surface area contributed by atoms with Crippen molar-refractivity contribution in [3.8, 4) is 0 Å². The molecule has 0 nitrogen and oxygen atoms in total. The normalized spacial score (nSPS) is 37.5. The van der Waals surface area contributed by atoms with Crippen LogP contribution in [-0.2, 0) is 0 Å². The van der Waals surface area contributed by atoms with Crippen LogP contribution in [0.1, 0.15) is 33.6 Å². The molecule has 1 atom stereocenters. The predicted molar refractivity (Wildman–Crippen MR) is 36.5 cm³/mol. The van der Waals surface area contributed by atoms with Gasteiger partial charge in [-0.3, -0.25) is 0 Å². The van der Waals surface area contributed by atoms with Gasteiger partial charge in [-0.1, -0.05) is 26.7 Å². The zero-order chi connectivity index (χ0) is 6.20. The molecular formula is C8H15-. The Balaban J connectivity index is 2.41. The molecule has 0 amide bonds. The molecule has 1 aliphatic rings. The van der Waals surface area contributed by atoms with Crippen LogP contribution in [0.15, 0.2) is 0 Å². The quantitative estimate of drug-likeness (QED) is 0.456. The molecule has 0 spiro atoms. The summed E-state index contributed by atoms with van der Waals surface area (Å²) in [5.41, 5.74) is 0.597. The molecule has 1 fully saturated rings. The Bertz CT molecular complexity index is 78.0. The van der Waals surface area contributed by atoms with Gasteiger partial charge in [-0.15, -0.1) is 6.42 Å². The maximum Gasteiger partial charge on any atom is -0.0647 e. The monoisotopic (exact) mass is 111 g/mol. The van der Waals surface area contributed by atoms with Crippen LogP contribution in [0.25, 0.3) is 0 Å². The highest BCUT2D eigenvalue weighted by molar-refractivity contribution is 5.00. The van der Waals surface area contributed by atoms with E-state index in [1.807, 2.05) is 0 Å². The van der Waals surface area contributed by atoms with Gasteiger partial charge >= 0.3 is 0 Å². The third-order valence-corrected chi connectivity index (χ3v) is 2.61. The molecule has 1 saturated carbocycles. The Morgan fingerprint density at radius 3 is 2.00 bits per heavy atom. The van der Waals surface area contributed by atoms with Crippen LogP contribution >= 0.6 is 0 Å². The van der Waals surface area contributed by atoms with Crippen molar-refractivity contribution in [1.29, 1.82) is 0 Å². The standard InChI is InChI=1S/C8H15/c1-7(2)8(3)5-4-6-8/h5,7H,4,6H2,1-3H3/q-1. The van der Waals surface area contributed by atoms with Crippen LogP contribution in [0.3, 0.4) is 0 Å². The highest BCUT2D eigenvalue weighted by atomic mass is 14.4. The van der Waals surface area contributed by atoms with Crippen LogP contribution in [0.2, 0.25) is 0 Å². The van der Waals surface area contributed by atoms with E-state index in [1.165, 1.54) is 12.8 Å². The zero-order valence-electron chi connectivity index (χ0n) is 6.07. The fraction of sp³-hybridized carbons (Fsp3) is 0.875. The van der Waals surface area contributed by atoms with E-state index in [9.17, 15) is 0 Å². The lowest BCUT2D eigenvalue weighted by atomic mass is 9.64. The molecular weight excluding hydrogens is 96.1 g/mol. The first-order chi connectivity index (χ1) is 3.65. The first-order valence-electron chi connectivity index (χ1n) is 3.49. The van der Waals surface area contributed by atoms with E-state index in [0.717, 1.165) is 5.92 Å². The lowest BCUT2D eigenvalue weighted by Gasteiger charge is -2.53. The van der Waals surface area contributed by atoms with Gasteiger partial charge < -0.3 is 6.42 Å². The fourth-order valence-corrected chi connectivity index (χ4v) is 1.12. The van der Waals surface area contributed by atoms with Crippen LogP contribution in [0, 0.1) is 17.8 Å². The highest BCUT2D eigenvalue weighted by Gasteiger charge is 2.23. The summed E-state index contributed by atoms with van der Waals surface area (Å²) >= 11 is 0. The average Bonchev–Trinajstić information content (AvgIpc) is 1.60. The summed E-state index contributed by atoms with van der Waals surface area (Å²) < 4.78 is 0. The molecule has 0 heteroatoms. The van der Waals surface area contributed by atoms with E-state index < -0.39 is 0 Å². The van der Waals surface area contributed by atoms with E-state index in [0.29, 0.717) is 5.41 Å². The van der Waals surface area contributed by atoms with Crippen LogP contribution in [-0.4, -0.2) is 0 Å². The molecule has 0 aliphatic heterocycles. The molecule has 48 valence electrons. The fourth-order valence-electron chi connectivity index (χ4n) is 1.12. The molecule has 0 bridgehead atoms. The van der Waals surface area contributed by atoms with Crippen LogP contribution < -0.4 is 0 Å². The van der Waals surface area contributed by atoms with Gasteiger partial charge in [-0.2, -0.15) is 11.8 Å². The van der Waals surface area contributed by atoms with Crippen molar-refractivity contribution in [3.63, 3.8) is 0 Å². The minimum atomic E-state index is 0.597. The maximum atomic E-state index is 2.44. The van der Waals surface area contributed by atoms with Crippen LogP contribution in [0.5, 0.6) is 0 Å². The predicted octanol–water partition coefficient (Wildman–Crippen LogP) is 2.65. The van der Waals surface area contributed by atoms with Gasteiger partial charge in [0.1, 0.15) is 0 Å². The molecule has 0 aromatic carbocycles. The smallest absolute Gasteiger partial charge is 0.0647 e. The van der Waals surface area contributed by atoms with Crippen molar-refractivity contribution in [2.75, 3.05) is 0 Å². The number of hydrogen-bond donors (Lipinski definition) is 0. The van der Waals surface area contributed by atoms with Crippen molar-refractivity contribution < 1.29 is 0 Å². The lowest BCUT2D eigenvalue weighted by Crippen LogP contribution is -2.31. The van der Waals surface area contributed by atoms with Gasteiger partial charge in [0.15, 0.2) is 0 Å². The van der Waals surface area contributed by atoms with Gasteiger partial charge in [-0.05, 0) is 0 Å². The first kappa shape index (κ1) is 6.12. The van der Waals surface area contributed by atoms with E-state index in [-0.39, 0.29) is 0 Å². The molecule has 0 aromatic heterocycles. The average molecular weight is 111 g/mol. The van der Waals surface area contributed by atoms with E-state index in [4.69, 9.17) is 0 Å². The Morgan fingerprint density at radius 2 is 2.00 bits per heavy atom. The summed E-state index contributed by atoms with van der Waals surface area (Å²) in [7, 11) is 0. The molecule has 0 saturated heterocycles. The third kappa shape index (κ3) is 0.765. The van der Waals surface area contributed by atoms with Crippen LogP contribution in [0.4, 0.5) is 0 Å². The summed E-state index contributed by atoms with van der Waals surface area (Å²) in [5.74, 6) is 0.844. The van der Waals surface area contributed by atoms with Crippen molar-refractivity contribution in [3.05, 3.63) is 6.42 Å². The summed E-state index contributed by atoms with van der Waals surface area (Å²) in [6, 6.07) is 0. The van der Waals surface area contributed by atoms with Crippen molar-refractivity contribution in [2.24, 2.45) is 11.3 Å². The second kappa shape index (κ2) is 1.75. The van der Waals surface area contributed by atoms with Gasteiger partial charge in [0.2, 0.25) is 0 Å². The second-order valence-electron chi connectivity index (χ2n) is 3.40. The first-order valence-corrected chi connectivity index (χ1v) is 3.49. The van der Waals surface area contributed by atoms with E-state index in [2.05, 4.69) is 27.2 Å². The molecule has 0 N–H and O–H groups in total.